The maximum atomic E-state index is 11.0. The summed E-state index contributed by atoms with van der Waals surface area (Å²) in [5.41, 5.74) is 8.70. The summed E-state index contributed by atoms with van der Waals surface area (Å²) in [6.07, 6.45) is 4.90. The Morgan fingerprint density at radius 2 is 2.29 bits per heavy atom. The van der Waals surface area contributed by atoms with Gasteiger partial charge in [-0.15, -0.1) is 11.3 Å². The molecule has 106 valence electrons. The number of rotatable bonds is 3. The van der Waals surface area contributed by atoms with Gasteiger partial charge in [-0.2, -0.15) is 0 Å². The normalized spacial score (nSPS) is 13.9. The number of hydrogen-bond acceptors (Lipinski definition) is 6. The monoisotopic (exact) mass is 316 g/mol. The van der Waals surface area contributed by atoms with Crippen LogP contribution in [0.3, 0.4) is 0 Å². The smallest absolute Gasteiger partial charge is 0.227 e. The summed E-state index contributed by atoms with van der Waals surface area (Å²) in [5.74, 6) is -0.116. The largest absolute Gasteiger partial charge is 0.369 e. The third kappa shape index (κ3) is 2.16. The lowest BCUT2D eigenvalue weighted by Crippen LogP contribution is -2.13. The highest BCUT2D eigenvalue weighted by molar-refractivity contribution is 8.00. The molecule has 0 bridgehead atoms. The molecule has 3 heterocycles. The Morgan fingerprint density at radius 1 is 1.38 bits per heavy atom. The molecule has 0 unspecified atom stereocenters. The van der Waals surface area contributed by atoms with Crippen molar-refractivity contribution >= 4 is 49.4 Å². The number of aromatic nitrogens is 3. The van der Waals surface area contributed by atoms with E-state index in [9.17, 15) is 4.79 Å². The number of fused-ring (bicyclic) bond motifs is 4. The van der Waals surface area contributed by atoms with Gasteiger partial charge in [0, 0.05) is 11.1 Å². The summed E-state index contributed by atoms with van der Waals surface area (Å²) in [4.78, 5) is 25.4. The molecule has 1 aliphatic rings. The average molecular weight is 316 g/mol. The van der Waals surface area contributed by atoms with Crippen molar-refractivity contribution in [3.05, 3.63) is 23.7 Å². The Hall–Kier alpha value is -1.73. The van der Waals surface area contributed by atoms with Gasteiger partial charge in [0.1, 0.15) is 16.2 Å². The zero-order chi connectivity index (χ0) is 14.4. The maximum Gasteiger partial charge on any atom is 0.227 e. The summed E-state index contributed by atoms with van der Waals surface area (Å²) in [7, 11) is 0. The summed E-state index contributed by atoms with van der Waals surface area (Å²) in [5, 5.41) is 1.90. The molecule has 0 fully saturated rings. The highest BCUT2D eigenvalue weighted by Gasteiger charge is 2.18. The predicted molar refractivity (Wildman–Crippen MR) is 84.7 cm³/mol. The number of hydrogen-bond donors (Lipinski definition) is 1. The van der Waals surface area contributed by atoms with Crippen molar-refractivity contribution in [3.63, 3.8) is 0 Å². The van der Waals surface area contributed by atoms with Crippen LogP contribution >= 0.6 is 23.1 Å². The first kappa shape index (κ1) is 13.0. The highest BCUT2D eigenvalue weighted by atomic mass is 32.2. The van der Waals surface area contributed by atoms with Crippen molar-refractivity contribution < 1.29 is 4.79 Å². The van der Waals surface area contributed by atoms with Crippen LogP contribution in [0.2, 0.25) is 0 Å². The molecule has 21 heavy (non-hydrogen) atoms. The van der Waals surface area contributed by atoms with Crippen LogP contribution in [0.15, 0.2) is 17.4 Å². The summed E-state index contributed by atoms with van der Waals surface area (Å²) < 4.78 is 0.995. The Morgan fingerprint density at radius 3 is 3.14 bits per heavy atom. The van der Waals surface area contributed by atoms with Gasteiger partial charge < -0.3 is 5.73 Å². The van der Waals surface area contributed by atoms with Crippen molar-refractivity contribution in [2.24, 2.45) is 5.73 Å². The quantitative estimate of drug-likeness (QED) is 0.592. The van der Waals surface area contributed by atoms with E-state index in [-0.39, 0.29) is 11.7 Å². The van der Waals surface area contributed by atoms with Gasteiger partial charge in [-0.3, -0.25) is 4.79 Å². The standard InChI is InChI=1S/C14H12N4OS2/c15-10(19)5-20-14-12-11(16-6-17-14)8-4-7-2-1-3-9(7)18-13(8)21-12/h4,6H,1-3,5H2,(H2,15,19). The van der Waals surface area contributed by atoms with E-state index >= 15 is 0 Å². The second kappa shape index (κ2) is 4.92. The molecule has 0 atom stereocenters. The van der Waals surface area contributed by atoms with Gasteiger partial charge >= 0.3 is 0 Å². The Labute approximate surface area is 129 Å². The number of aryl methyl sites for hydroxylation is 2. The molecule has 0 saturated carbocycles. The molecule has 0 saturated heterocycles. The summed E-state index contributed by atoms with van der Waals surface area (Å²) in [6, 6.07) is 2.22. The van der Waals surface area contributed by atoms with E-state index in [2.05, 4.69) is 16.0 Å². The van der Waals surface area contributed by atoms with Gasteiger partial charge in [0.25, 0.3) is 0 Å². The Bertz CT molecular complexity index is 874. The first-order chi connectivity index (χ1) is 10.2. The van der Waals surface area contributed by atoms with Crippen LogP contribution in [0.5, 0.6) is 0 Å². The first-order valence-electron chi connectivity index (χ1n) is 6.69. The number of primary amides is 1. The number of pyridine rings is 1. The lowest BCUT2D eigenvalue weighted by Gasteiger charge is -1.99. The number of carbonyl (C=O) groups excluding carboxylic acids is 1. The van der Waals surface area contributed by atoms with Crippen LogP contribution in [-0.2, 0) is 17.6 Å². The Balaban J connectivity index is 1.90. The van der Waals surface area contributed by atoms with Crippen LogP contribution in [0.1, 0.15) is 17.7 Å². The molecule has 5 nitrogen and oxygen atoms in total. The van der Waals surface area contributed by atoms with Gasteiger partial charge in [0.2, 0.25) is 5.91 Å². The molecule has 0 aromatic carbocycles. The van der Waals surface area contributed by atoms with Crippen molar-refractivity contribution in [2.45, 2.75) is 24.3 Å². The minimum Gasteiger partial charge on any atom is -0.369 e. The first-order valence-corrected chi connectivity index (χ1v) is 8.49. The van der Waals surface area contributed by atoms with Crippen molar-refractivity contribution in [1.82, 2.24) is 15.0 Å². The summed E-state index contributed by atoms with van der Waals surface area (Å²) in [6.45, 7) is 0. The fourth-order valence-electron chi connectivity index (χ4n) is 2.68. The molecule has 7 heteroatoms. The highest BCUT2D eigenvalue weighted by Crippen LogP contribution is 2.38. The fraction of sp³-hybridized carbons (Fsp3) is 0.286. The summed E-state index contributed by atoms with van der Waals surface area (Å²) >= 11 is 2.96. The number of amides is 1. The van der Waals surface area contributed by atoms with Gasteiger partial charge in [-0.05, 0) is 30.9 Å². The molecular weight excluding hydrogens is 304 g/mol. The number of nitrogens with zero attached hydrogens (tertiary/aromatic N) is 3. The fourth-order valence-corrected chi connectivity index (χ4v) is 4.63. The maximum absolute atomic E-state index is 11.0. The molecule has 3 aromatic heterocycles. The third-order valence-corrected chi connectivity index (χ3v) is 5.83. The van der Waals surface area contributed by atoms with Crippen molar-refractivity contribution in [2.75, 3.05) is 5.75 Å². The predicted octanol–water partition coefficient (Wildman–Crippen LogP) is 2.31. The second-order valence-electron chi connectivity index (χ2n) is 5.01. The van der Waals surface area contributed by atoms with Crippen molar-refractivity contribution in [1.29, 1.82) is 0 Å². The zero-order valence-corrected chi connectivity index (χ0v) is 12.8. The second-order valence-corrected chi connectivity index (χ2v) is 6.98. The number of thiophene rings is 1. The molecule has 4 rings (SSSR count). The van der Waals surface area contributed by atoms with Crippen LogP contribution in [0.4, 0.5) is 0 Å². The number of thioether (sulfide) groups is 1. The lowest BCUT2D eigenvalue weighted by atomic mass is 10.2. The van der Waals surface area contributed by atoms with Gasteiger partial charge in [0.05, 0.1) is 16.0 Å². The minimum absolute atomic E-state index is 0.226. The average Bonchev–Trinajstić information content (AvgIpc) is 3.06. The van der Waals surface area contributed by atoms with Crippen LogP contribution in [0.25, 0.3) is 20.4 Å². The molecule has 0 aliphatic heterocycles. The van der Waals surface area contributed by atoms with E-state index in [1.165, 1.54) is 29.4 Å². The topological polar surface area (TPSA) is 81.8 Å². The molecule has 1 amide bonds. The number of nitrogens with two attached hydrogens (primary N) is 1. The SMILES string of the molecule is NC(=O)CSc1ncnc2c1sc1nc3c(cc12)CCC3. The molecule has 0 spiro atoms. The number of carbonyl (C=O) groups is 1. The van der Waals surface area contributed by atoms with E-state index in [1.807, 2.05) is 0 Å². The van der Waals surface area contributed by atoms with Crippen LogP contribution < -0.4 is 5.73 Å². The molecule has 2 N–H and O–H groups in total. The molecule has 1 aliphatic carbocycles. The molecular formula is C14H12N4OS2. The van der Waals surface area contributed by atoms with E-state index < -0.39 is 0 Å². The van der Waals surface area contributed by atoms with Crippen LogP contribution in [-0.4, -0.2) is 26.6 Å². The van der Waals surface area contributed by atoms with E-state index in [1.54, 1.807) is 17.7 Å². The zero-order valence-electron chi connectivity index (χ0n) is 11.1. The van der Waals surface area contributed by atoms with Gasteiger partial charge in [-0.1, -0.05) is 11.8 Å². The van der Waals surface area contributed by atoms with Crippen LogP contribution in [0, 0.1) is 0 Å². The van der Waals surface area contributed by atoms with Gasteiger partial charge in [0.15, 0.2) is 0 Å². The third-order valence-electron chi connectivity index (χ3n) is 3.59. The van der Waals surface area contributed by atoms with E-state index in [0.29, 0.717) is 0 Å². The lowest BCUT2D eigenvalue weighted by molar-refractivity contribution is -0.115. The van der Waals surface area contributed by atoms with Gasteiger partial charge in [-0.25, -0.2) is 15.0 Å². The minimum atomic E-state index is -0.343. The molecule has 3 aromatic rings. The van der Waals surface area contributed by atoms with Crippen molar-refractivity contribution in [3.8, 4) is 0 Å². The van der Waals surface area contributed by atoms with E-state index in [4.69, 9.17) is 10.7 Å². The van der Waals surface area contributed by atoms with E-state index in [0.717, 1.165) is 38.3 Å². The Kier molecular flexibility index (Phi) is 3.04. The molecule has 0 radical (unpaired) electrons.